The quantitative estimate of drug-likeness (QED) is 0.422. The average molecular weight is 122 g/mol. The number of hydrogen-bond acceptors (Lipinski definition) is 2. The Balaban J connectivity index is 2.13. The van der Waals surface area contributed by atoms with E-state index >= 15 is 0 Å². The molecule has 0 fully saturated rings. The van der Waals surface area contributed by atoms with E-state index < -0.39 is 0 Å². The summed E-state index contributed by atoms with van der Waals surface area (Å²) in [7, 11) is 0. The molecule has 0 bridgehead atoms. The van der Waals surface area contributed by atoms with E-state index in [1.54, 1.807) is 0 Å². The molecule has 0 N–H and O–H groups in total. The van der Waals surface area contributed by atoms with Crippen LogP contribution in [0.3, 0.4) is 0 Å². The predicted molar refractivity (Wildman–Crippen MR) is 37.9 cm³/mol. The standard InChI is InChI=1S/C7H10N2/c1-2-7-6-8-3-5-9(7)4-1/h1-3,7H,4-6H2. The van der Waals surface area contributed by atoms with Crippen molar-refractivity contribution in [2.45, 2.75) is 6.04 Å². The van der Waals surface area contributed by atoms with Gasteiger partial charge in [0.05, 0.1) is 6.54 Å². The minimum absolute atomic E-state index is 0.620. The maximum atomic E-state index is 4.20. The first-order valence-electron chi connectivity index (χ1n) is 3.36. The lowest BCUT2D eigenvalue weighted by molar-refractivity contribution is 0.307. The lowest BCUT2D eigenvalue weighted by atomic mass is 10.2. The van der Waals surface area contributed by atoms with Crippen molar-refractivity contribution in [1.29, 1.82) is 0 Å². The van der Waals surface area contributed by atoms with Crippen LogP contribution in [0.2, 0.25) is 0 Å². The summed E-state index contributed by atoms with van der Waals surface area (Å²) in [5.41, 5.74) is 0. The fourth-order valence-corrected chi connectivity index (χ4v) is 1.34. The van der Waals surface area contributed by atoms with E-state index in [0.29, 0.717) is 6.04 Å². The molecule has 2 nitrogen and oxygen atoms in total. The zero-order chi connectivity index (χ0) is 6.10. The molecule has 0 aromatic rings. The topological polar surface area (TPSA) is 15.6 Å². The van der Waals surface area contributed by atoms with Crippen LogP contribution in [0, 0.1) is 0 Å². The highest BCUT2D eigenvalue weighted by molar-refractivity contribution is 5.61. The average Bonchev–Trinajstić information content (AvgIpc) is 2.33. The number of fused-ring (bicyclic) bond motifs is 1. The molecule has 0 aromatic heterocycles. The van der Waals surface area contributed by atoms with Crippen molar-refractivity contribution < 1.29 is 0 Å². The summed E-state index contributed by atoms with van der Waals surface area (Å²) in [5.74, 6) is 0. The zero-order valence-corrected chi connectivity index (χ0v) is 5.33. The van der Waals surface area contributed by atoms with Gasteiger partial charge in [-0.25, -0.2) is 0 Å². The molecule has 2 rings (SSSR count). The molecule has 0 radical (unpaired) electrons. The monoisotopic (exact) mass is 122 g/mol. The van der Waals surface area contributed by atoms with Gasteiger partial charge in [0.1, 0.15) is 0 Å². The molecule has 1 atom stereocenters. The highest BCUT2D eigenvalue weighted by Gasteiger charge is 2.19. The van der Waals surface area contributed by atoms with Crippen LogP contribution in [0.25, 0.3) is 0 Å². The van der Waals surface area contributed by atoms with Gasteiger partial charge in [-0.05, 0) is 0 Å². The summed E-state index contributed by atoms with van der Waals surface area (Å²) in [5, 5.41) is 0. The lowest BCUT2D eigenvalue weighted by Crippen LogP contribution is -2.36. The van der Waals surface area contributed by atoms with E-state index in [4.69, 9.17) is 0 Å². The Morgan fingerprint density at radius 2 is 2.44 bits per heavy atom. The Bertz CT molecular complexity index is 160. The van der Waals surface area contributed by atoms with E-state index in [2.05, 4.69) is 22.0 Å². The number of hydrogen-bond donors (Lipinski definition) is 0. The Hall–Kier alpha value is -0.630. The zero-order valence-electron chi connectivity index (χ0n) is 5.33. The second kappa shape index (κ2) is 1.95. The molecular weight excluding hydrogens is 112 g/mol. The molecule has 1 unspecified atom stereocenters. The fraction of sp³-hybridized carbons (Fsp3) is 0.571. The summed E-state index contributed by atoms with van der Waals surface area (Å²) >= 11 is 0. The van der Waals surface area contributed by atoms with Crippen molar-refractivity contribution in [3.63, 3.8) is 0 Å². The molecule has 0 saturated carbocycles. The van der Waals surface area contributed by atoms with Gasteiger partial charge < -0.3 is 0 Å². The number of aliphatic imine (C=N–C) groups is 1. The van der Waals surface area contributed by atoms with E-state index in [-0.39, 0.29) is 0 Å². The van der Waals surface area contributed by atoms with Gasteiger partial charge in [-0.3, -0.25) is 9.89 Å². The van der Waals surface area contributed by atoms with E-state index in [0.717, 1.165) is 19.6 Å². The van der Waals surface area contributed by atoms with Crippen LogP contribution in [0.5, 0.6) is 0 Å². The SMILES string of the molecule is C1=CC2CN=CCN2C1. The van der Waals surface area contributed by atoms with Gasteiger partial charge in [-0.1, -0.05) is 12.2 Å². The minimum atomic E-state index is 0.620. The highest BCUT2D eigenvalue weighted by atomic mass is 15.2. The van der Waals surface area contributed by atoms with Crippen molar-refractivity contribution >= 4 is 6.21 Å². The van der Waals surface area contributed by atoms with Gasteiger partial charge in [0.2, 0.25) is 0 Å². The maximum absolute atomic E-state index is 4.20. The molecule has 2 heteroatoms. The van der Waals surface area contributed by atoms with Crippen molar-refractivity contribution in [2.24, 2.45) is 4.99 Å². The first-order valence-corrected chi connectivity index (χ1v) is 3.36. The smallest absolute Gasteiger partial charge is 0.0577 e. The van der Waals surface area contributed by atoms with Gasteiger partial charge in [-0.15, -0.1) is 0 Å². The van der Waals surface area contributed by atoms with E-state index in [9.17, 15) is 0 Å². The van der Waals surface area contributed by atoms with Crippen LogP contribution in [-0.2, 0) is 0 Å². The Labute approximate surface area is 54.9 Å². The summed E-state index contributed by atoms with van der Waals surface area (Å²) in [6.45, 7) is 3.13. The van der Waals surface area contributed by atoms with Crippen molar-refractivity contribution in [1.82, 2.24) is 4.90 Å². The van der Waals surface area contributed by atoms with Crippen LogP contribution >= 0.6 is 0 Å². The molecule has 0 aromatic carbocycles. The van der Waals surface area contributed by atoms with Gasteiger partial charge in [0.25, 0.3) is 0 Å². The molecule has 2 heterocycles. The maximum Gasteiger partial charge on any atom is 0.0577 e. The fourth-order valence-electron chi connectivity index (χ4n) is 1.34. The van der Waals surface area contributed by atoms with Crippen molar-refractivity contribution in [2.75, 3.05) is 19.6 Å². The van der Waals surface area contributed by atoms with E-state index in [1.807, 2.05) is 6.21 Å². The van der Waals surface area contributed by atoms with Crippen LogP contribution in [-0.4, -0.2) is 36.8 Å². The van der Waals surface area contributed by atoms with Crippen LogP contribution in [0.1, 0.15) is 0 Å². The molecular formula is C7H10N2. The Kier molecular flexibility index (Phi) is 1.12. The molecule has 9 heavy (non-hydrogen) atoms. The molecule has 2 aliphatic rings. The second-order valence-electron chi connectivity index (χ2n) is 2.50. The van der Waals surface area contributed by atoms with Crippen LogP contribution in [0.4, 0.5) is 0 Å². The number of nitrogens with zero attached hydrogens (tertiary/aromatic N) is 2. The van der Waals surface area contributed by atoms with Crippen LogP contribution < -0.4 is 0 Å². The van der Waals surface area contributed by atoms with Crippen LogP contribution in [0.15, 0.2) is 17.1 Å². The molecule has 2 aliphatic heterocycles. The normalized spacial score (nSPS) is 33.1. The van der Waals surface area contributed by atoms with Gasteiger partial charge in [-0.2, -0.15) is 0 Å². The summed E-state index contributed by atoms with van der Waals surface area (Å²) in [6.07, 6.45) is 6.47. The first kappa shape index (κ1) is 5.18. The summed E-state index contributed by atoms with van der Waals surface area (Å²) < 4.78 is 0. The number of rotatable bonds is 0. The predicted octanol–water partition coefficient (Wildman–Crippen LogP) is 0.311. The lowest BCUT2D eigenvalue weighted by Gasteiger charge is -2.23. The van der Waals surface area contributed by atoms with E-state index in [1.165, 1.54) is 0 Å². The second-order valence-corrected chi connectivity index (χ2v) is 2.50. The van der Waals surface area contributed by atoms with Crippen molar-refractivity contribution in [3.8, 4) is 0 Å². The molecule has 0 aliphatic carbocycles. The first-order chi connectivity index (χ1) is 4.47. The Morgan fingerprint density at radius 1 is 1.44 bits per heavy atom. The third kappa shape index (κ3) is 0.793. The molecule has 0 spiro atoms. The molecule has 0 amide bonds. The minimum Gasteiger partial charge on any atom is -0.294 e. The van der Waals surface area contributed by atoms with Gasteiger partial charge >= 0.3 is 0 Å². The molecule has 0 saturated heterocycles. The third-order valence-electron chi connectivity index (χ3n) is 1.90. The highest BCUT2D eigenvalue weighted by Crippen LogP contribution is 2.10. The summed E-state index contributed by atoms with van der Waals surface area (Å²) in [6, 6.07) is 0.620. The van der Waals surface area contributed by atoms with Crippen molar-refractivity contribution in [3.05, 3.63) is 12.2 Å². The third-order valence-corrected chi connectivity index (χ3v) is 1.90. The van der Waals surface area contributed by atoms with Gasteiger partial charge in [0, 0.05) is 25.3 Å². The Morgan fingerprint density at radius 3 is 3.33 bits per heavy atom. The molecule has 48 valence electrons. The largest absolute Gasteiger partial charge is 0.294 e. The van der Waals surface area contributed by atoms with Gasteiger partial charge in [0.15, 0.2) is 0 Å². The summed E-state index contributed by atoms with van der Waals surface area (Å²) in [4.78, 5) is 6.61.